The maximum atomic E-state index is 11.8. The van der Waals surface area contributed by atoms with E-state index < -0.39 is 12.0 Å². The van der Waals surface area contributed by atoms with Crippen molar-refractivity contribution in [2.24, 2.45) is 5.73 Å². The number of thioether (sulfide) groups is 1. The summed E-state index contributed by atoms with van der Waals surface area (Å²) in [7, 11) is 0. The van der Waals surface area contributed by atoms with Crippen molar-refractivity contribution in [3.05, 3.63) is 47.4 Å². The van der Waals surface area contributed by atoms with Crippen molar-refractivity contribution in [3.8, 4) is 0 Å². The Morgan fingerprint density at radius 3 is 2.81 bits per heavy atom. The maximum Gasteiger partial charge on any atom is 0.356 e. The molecule has 110 valence electrons. The van der Waals surface area contributed by atoms with E-state index in [2.05, 4.69) is 0 Å². The molecular formula is C14H14N2O4S. The number of carbonyl (C=O) groups is 2. The monoisotopic (exact) mass is 306 g/mol. The van der Waals surface area contributed by atoms with Gasteiger partial charge in [0.05, 0.1) is 5.75 Å². The standard InChI is InChI=1S/C14H14N2O4S/c15-10-12(17)16-11(14(18)19)9(7-21-13(10)16)20-6-8-4-2-1-3-5-8/h1-5,10,13H,6-7,15H2,(H,18,19)/t10?,13-/m1/s1. The molecule has 21 heavy (non-hydrogen) atoms. The molecule has 1 fully saturated rings. The summed E-state index contributed by atoms with van der Waals surface area (Å²) in [5, 5.41) is 9.05. The van der Waals surface area contributed by atoms with Gasteiger partial charge in [0.15, 0.2) is 5.70 Å². The minimum absolute atomic E-state index is 0.0821. The molecule has 2 aliphatic heterocycles. The Bertz CT molecular complexity index is 617. The molecule has 0 spiro atoms. The molecule has 1 aromatic rings. The lowest BCUT2D eigenvalue weighted by molar-refractivity contribution is -0.148. The van der Waals surface area contributed by atoms with Crippen LogP contribution in [0.5, 0.6) is 0 Å². The average molecular weight is 306 g/mol. The third kappa shape index (κ3) is 2.38. The molecule has 7 heteroatoms. The number of carboxylic acids is 1. The Labute approximate surface area is 125 Å². The first kappa shape index (κ1) is 14.0. The number of nitrogens with zero attached hydrogens (tertiary/aromatic N) is 1. The smallest absolute Gasteiger partial charge is 0.356 e. The van der Waals surface area contributed by atoms with Crippen molar-refractivity contribution in [2.45, 2.75) is 18.0 Å². The molecule has 0 radical (unpaired) electrons. The highest BCUT2D eigenvalue weighted by molar-refractivity contribution is 8.00. The van der Waals surface area contributed by atoms with Gasteiger partial charge in [0.1, 0.15) is 23.8 Å². The summed E-state index contributed by atoms with van der Waals surface area (Å²) in [6, 6.07) is 8.82. The zero-order valence-corrected chi connectivity index (χ0v) is 11.9. The first-order chi connectivity index (χ1) is 10.1. The summed E-state index contributed by atoms with van der Waals surface area (Å²) in [5.41, 5.74) is 6.54. The van der Waals surface area contributed by atoms with E-state index in [-0.39, 0.29) is 23.6 Å². The number of benzene rings is 1. The highest BCUT2D eigenvalue weighted by Crippen LogP contribution is 2.39. The lowest BCUT2D eigenvalue weighted by Crippen LogP contribution is -2.68. The van der Waals surface area contributed by atoms with Crippen LogP contribution in [0.4, 0.5) is 0 Å². The molecule has 6 nitrogen and oxygen atoms in total. The molecule has 2 heterocycles. The van der Waals surface area contributed by atoms with E-state index >= 15 is 0 Å². The fraction of sp³-hybridized carbons (Fsp3) is 0.286. The van der Waals surface area contributed by atoms with Crippen molar-refractivity contribution in [1.29, 1.82) is 0 Å². The molecule has 1 unspecified atom stereocenters. The number of amides is 1. The normalized spacial score (nSPS) is 24.4. The topological polar surface area (TPSA) is 92.9 Å². The van der Waals surface area contributed by atoms with Crippen LogP contribution in [0.25, 0.3) is 0 Å². The predicted molar refractivity (Wildman–Crippen MR) is 77.0 cm³/mol. The van der Waals surface area contributed by atoms with Crippen LogP contribution in [0.3, 0.4) is 0 Å². The molecule has 3 N–H and O–H groups in total. The highest BCUT2D eigenvalue weighted by atomic mass is 32.2. The average Bonchev–Trinajstić information content (AvgIpc) is 2.52. The number of β-lactam (4-membered cyclic amide) rings is 1. The van der Waals surface area contributed by atoms with Crippen LogP contribution in [-0.2, 0) is 20.9 Å². The van der Waals surface area contributed by atoms with Crippen LogP contribution < -0.4 is 5.73 Å². The molecular weight excluding hydrogens is 292 g/mol. The molecule has 2 atom stereocenters. The number of hydrogen-bond acceptors (Lipinski definition) is 5. The summed E-state index contributed by atoms with van der Waals surface area (Å²) < 4.78 is 5.62. The predicted octanol–water partition coefficient (Wildman–Crippen LogP) is 0.742. The second kappa shape index (κ2) is 5.42. The van der Waals surface area contributed by atoms with Crippen molar-refractivity contribution < 1.29 is 19.4 Å². The van der Waals surface area contributed by atoms with Crippen LogP contribution in [0.1, 0.15) is 5.56 Å². The van der Waals surface area contributed by atoms with E-state index in [0.29, 0.717) is 11.5 Å². The van der Waals surface area contributed by atoms with E-state index in [1.807, 2.05) is 30.3 Å². The van der Waals surface area contributed by atoms with Gasteiger partial charge in [-0.2, -0.15) is 0 Å². The number of nitrogens with two attached hydrogens (primary N) is 1. The van der Waals surface area contributed by atoms with Crippen LogP contribution in [0.15, 0.2) is 41.8 Å². The molecule has 0 aromatic heterocycles. The highest BCUT2D eigenvalue weighted by Gasteiger charge is 2.52. The molecule has 0 saturated carbocycles. The van der Waals surface area contributed by atoms with E-state index in [9.17, 15) is 14.7 Å². The third-order valence-electron chi connectivity index (χ3n) is 3.43. The van der Waals surface area contributed by atoms with Crippen LogP contribution in [-0.4, -0.2) is 39.1 Å². The number of rotatable bonds is 4. The van der Waals surface area contributed by atoms with Crippen molar-refractivity contribution in [1.82, 2.24) is 4.90 Å². The Hall–Kier alpha value is -1.99. The Balaban J connectivity index is 1.81. The molecule has 3 rings (SSSR count). The van der Waals surface area contributed by atoms with Gasteiger partial charge >= 0.3 is 5.97 Å². The van der Waals surface area contributed by atoms with Crippen LogP contribution in [0.2, 0.25) is 0 Å². The maximum absolute atomic E-state index is 11.8. The Morgan fingerprint density at radius 1 is 1.43 bits per heavy atom. The summed E-state index contributed by atoms with van der Waals surface area (Å²) in [6.07, 6.45) is 0. The van der Waals surface area contributed by atoms with Crippen molar-refractivity contribution >= 4 is 23.6 Å². The molecule has 0 bridgehead atoms. The number of aliphatic carboxylic acids is 1. The van der Waals surface area contributed by atoms with Crippen LogP contribution >= 0.6 is 11.8 Å². The third-order valence-corrected chi connectivity index (χ3v) is 4.71. The Kier molecular flexibility index (Phi) is 3.60. The summed E-state index contributed by atoms with van der Waals surface area (Å²) in [4.78, 5) is 24.4. The molecule has 0 aliphatic carbocycles. The SMILES string of the molecule is NC1C(=O)N2C(C(=O)O)=C(OCc3ccccc3)CS[C@H]12. The zero-order valence-electron chi connectivity index (χ0n) is 11.1. The van der Waals surface area contributed by atoms with Gasteiger partial charge in [-0.1, -0.05) is 30.3 Å². The molecule has 1 aromatic carbocycles. The van der Waals surface area contributed by atoms with E-state index in [1.165, 1.54) is 16.7 Å². The van der Waals surface area contributed by atoms with E-state index in [4.69, 9.17) is 10.5 Å². The number of hydrogen-bond donors (Lipinski definition) is 2. The minimum atomic E-state index is -1.16. The van der Waals surface area contributed by atoms with Gasteiger partial charge in [0, 0.05) is 0 Å². The number of carboxylic acid groups (broad SMARTS) is 1. The molecule has 2 aliphatic rings. The van der Waals surface area contributed by atoms with Crippen molar-refractivity contribution in [3.63, 3.8) is 0 Å². The van der Waals surface area contributed by atoms with E-state index in [0.717, 1.165) is 5.56 Å². The summed E-state index contributed by atoms with van der Waals surface area (Å²) in [5.74, 6) is -0.821. The fourth-order valence-corrected chi connectivity index (χ4v) is 3.57. The number of fused-ring (bicyclic) bond motifs is 1. The number of ether oxygens (including phenoxy) is 1. The van der Waals surface area contributed by atoms with E-state index in [1.54, 1.807) is 0 Å². The Morgan fingerprint density at radius 2 is 2.14 bits per heavy atom. The van der Waals surface area contributed by atoms with Crippen molar-refractivity contribution in [2.75, 3.05) is 5.75 Å². The summed E-state index contributed by atoms with van der Waals surface area (Å²) >= 11 is 1.42. The van der Waals surface area contributed by atoms with Gasteiger partial charge in [-0.15, -0.1) is 11.8 Å². The first-order valence-corrected chi connectivity index (χ1v) is 7.48. The van der Waals surface area contributed by atoms with Gasteiger partial charge < -0.3 is 15.6 Å². The largest absolute Gasteiger partial charge is 0.490 e. The minimum Gasteiger partial charge on any atom is -0.490 e. The van der Waals surface area contributed by atoms with Gasteiger partial charge in [-0.25, -0.2) is 4.79 Å². The molecule has 1 saturated heterocycles. The number of carbonyl (C=O) groups excluding carboxylic acids is 1. The quantitative estimate of drug-likeness (QED) is 0.797. The fourth-order valence-electron chi connectivity index (χ4n) is 2.34. The van der Waals surface area contributed by atoms with Gasteiger partial charge in [-0.05, 0) is 5.56 Å². The van der Waals surface area contributed by atoms with Gasteiger partial charge in [0.2, 0.25) is 5.91 Å². The van der Waals surface area contributed by atoms with Gasteiger partial charge in [0.25, 0.3) is 0 Å². The van der Waals surface area contributed by atoms with Crippen LogP contribution in [0, 0.1) is 0 Å². The summed E-state index contributed by atoms with van der Waals surface area (Å²) in [6.45, 7) is 0.270. The lowest BCUT2D eigenvalue weighted by Gasteiger charge is -2.47. The zero-order chi connectivity index (χ0) is 15.0. The second-order valence-corrected chi connectivity index (χ2v) is 5.89. The molecule has 1 amide bonds. The second-order valence-electron chi connectivity index (χ2n) is 4.79. The lowest BCUT2D eigenvalue weighted by atomic mass is 10.1. The first-order valence-electron chi connectivity index (χ1n) is 6.43. The van der Waals surface area contributed by atoms with Gasteiger partial charge in [-0.3, -0.25) is 9.69 Å².